The highest BCUT2D eigenvalue weighted by atomic mass is 32.2. The van der Waals surface area contributed by atoms with Gasteiger partial charge in [0.25, 0.3) is 0 Å². The van der Waals surface area contributed by atoms with Crippen molar-refractivity contribution < 1.29 is 4.79 Å². The highest BCUT2D eigenvalue weighted by molar-refractivity contribution is 8.00. The second-order valence-electron chi connectivity index (χ2n) is 3.63. The monoisotopic (exact) mass is 170 g/mol. The molecular weight excluding hydrogens is 156 g/mol. The minimum absolute atomic E-state index is 0.463. The van der Waals surface area contributed by atoms with Gasteiger partial charge in [-0.1, -0.05) is 12.8 Å². The Balaban J connectivity index is 2.05. The molecule has 2 unspecified atom stereocenters. The Hall–Kier alpha value is 0.0200. The van der Waals surface area contributed by atoms with E-state index < -0.39 is 0 Å². The van der Waals surface area contributed by atoms with Gasteiger partial charge in [0.2, 0.25) is 0 Å². The van der Waals surface area contributed by atoms with E-state index in [1.165, 1.54) is 31.4 Å². The molecule has 0 bridgehead atoms. The summed E-state index contributed by atoms with van der Waals surface area (Å²) in [5.74, 6) is 3.78. The fourth-order valence-electron chi connectivity index (χ4n) is 2.25. The van der Waals surface area contributed by atoms with Gasteiger partial charge in [0.1, 0.15) is 5.78 Å². The third kappa shape index (κ3) is 1.46. The molecule has 2 atom stereocenters. The van der Waals surface area contributed by atoms with Gasteiger partial charge in [-0.3, -0.25) is 4.79 Å². The lowest BCUT2D eigenvalue weighted by Crippen LogP contribution is -2.34. The Morgan fingerprint density at radius 1 is 1.27 bits per heavy atom. The Morgan fingerprint density at radius 2 is 2.09 bits per heavy atom. The van der Waals surface area contributed by atoms with Crippen LogP contribution >= 0.6 is 11.8 Å². The SMILES string of the molecule is O=C1CSCC2CCCCC12. The lowest BCUT2D eigenvalue weighted by atomic mass is 9.78. The summed E-state index contributed by atoms with van der Waals surface area (Å²) >= 11 is 1.84. The topological polar surface area (TPSA) is 17.1 Å². The van der Waals surface area contributed by atoms with Gasteiger partial charge < -0.3 is 0 Å². The number of carbonyl (C=O) groups excluding carboxylic acids is 1. The zero-order chi connectivity index (χ0) is 7.68. The van der Waals surface area contributed by atoms with Gasteiger partial charge in [-0.15, -0.1) is 0 Å². The molecule has 1 heterocycles. The number of hydrogen-bond donors (Lipinski definition) is 0. The molecule has 2 rings (SSSR count). The van der Waals surface area contributed by atoms with Crippen LogP contribution in [0.2, 0.25) is 0 Å². The minimum Gasteiger partial charge on any atom is -0.298 e. The van der Waals surface area contributed by atoms with Crippen molar-refractivity contribution in [2.45, 2.75) is 25.7 Å². The quantitative estimate of drug-likeness (QED) is 0.554. The average molecular weight is 170 g/mol. The summed E-state index contributed by atoms with van der Waals surface area (Å²) in [4.78, 5) is 11.4. The van der Waals surface area contributed by atoms with Crippen LogP contribution in [0.5, 0.6) is 0 Å². The second kappa shape index (κ2) is 3.18. The van der Waals surface area contributed by atoms with E-state index in [1.807, 2.05) is 11.8 Å². The molecule has 0 amide bonds. The third-order valence-electron chi connectivity index (χ3n) is 2.90. The van der Waals surface area contributed by atoms with E-state index in [0.29, 0.717) is 11.7 Å². The fraction of sp³-hybridized carbons (Fsp3) is 0.889. The first-order valence-electron chi connectivity index (χ1n) is 4.48. The highest BCUT2D eigenvalue weighted by Crippen LogP contribution is 2.36. The smallest absolute Gasteiger partial charge is 0.146 e. The van der Waals surface area contributed by atoms with E-state index in [-0.39, 0.29) is 0 Å². The molecule has 1 aliphatic heterocycles. The Kier molecular flexibility index (Phi) is 2.21. The van der Waals surface area contributed by atoms with Gasteiger partial charge in [0.15, 0.2) is 0 Å². The summed E-state index contributed by atoms with van der Waals surface area (Å²) in [6, 6.07) is 0. The molecule has 0 aromatic carbocycles. The summed E-state index contributed by atoms with van der Waals surface area (Å²) in [7, 11) is 0. The second-order valence-corrected chi connectivity index (χ2v) is 4.66. The normalized spacial score (nSPS) is 38.4. The van der Waals surface area contributed by atoms with Crippen molar-refractivity contribution in [2.75, 3.05) is 11.5 Å². The molecule has 11 heavy (non-hydrogen) atoms. The number of fused-ring (bicyclic) bond motifs is 1. The Labute approximate surface area is 71.9 Å². The van der Waals surface area contributed by atoms with E-state index in [2.05, 4.69) is 0 Å². The van der Waals surface area contributed by atoms with E-state index in [4.69, 9.17) is 0 Å². The van der Waals surface area contributed by atoms with Gasteiger partial charge >= 0.3 is 0 Å². The number of ketones is 1. The number of carbonyl (C=O) groups is 1. The lowest BCUT2D eigenvalue weighted by molar-refractivity contribution is -0.123. The molecule has 0 aromatic heterocycles. The van der Waals surface area contributed by atoms with Crippen LogP contribution in [0.25, 0.3) is 0 Å². The molecule has 1 aliphatic carbocycles. The van der Waals surface area contributed by atoms with Crippen LogP contribution in [-0.4, -0.2) is 17.3 Å². The minimum atomic E-state index is 0.463. The van der Waals surface area contributed by atoms with Gasteiger partial charge in [0, 0.05) is 5.92 Å². The van der Waals surface area contributed by atoms with Crippen molar-refractivity contribution in [1.29, 1.82) is 0 Å². The van der Waals surface area contributed by atoms with E-state index >= 15 is 0 Å². The zero-order valence-corrected chi connectivity index (χ0v) is 7.53. The zero-order valence-electron chi connectivity index (χ0n) is 6.71. The first-order valence-corrected chi connectivity index (χ1v) is 5.64. The average Bonchev–Trinajstić information content (AvgIpc) is 2.06. The first kappa shape index (κ1) is 7.66. The molecule has 1 nitrogen and oxygen atoms in total. The van der Waals surface area contributed by atoms with Gasteiger partial charge in [0.05, 0.1) is 5.75 Å². The van der Waals surface area contributed by atoms with Gasteiger partial charge in [-0.05, 0) is 24.5 Å². The summed E-state index contributed by atoms with van der Waals surface area (Å²) in [6.07, 6.45) is 5.14. The molecule has 2 fully saturated rings. The molecule has 62 valence electrons. The molecule has 0 spiro atoms. The Morgan fingerprint density at radius 3 is 2.91 bits per heavy atom. The fourth-order valence-corrected chi connectivity index (χ4v) is 3.48. The van der Waals surface area contributed by atoms with Crippen molar-refractivity contribution in [3.63, 3.8) is 0 Å². The Bertz CT molecular complexity index is 165. The van der Waals surface area contributed by atoms with E-state index in [1.54, 1.807) is 0 Å². The van der Waals surface area contributed by atoms with Crippen LogP contribution < -0.4 is 0 Å². The maximum atomic E-state index is 11.4. The molecule has 0 radical (unpaired) electrons. The lowest BCUT2D eigenvalue weighted by Gasteiger charge is -2.33. The molecular formula is C9H14OS. The van der Waals surface area contributed by atoms with E-state index in [0.717, 1.165) is 11.7 Å². The van der Waals surface area contributed by atoms with Crippen LogP contribution in [0.15, 0.2) is 0 Å². The summed E-state index contributed by atoms with van der Waals surface area (Å²) in [5.41, 5.74) is 0. The predicted octanol–water partition coefficient (Wildman–Crippen LogP) is 2.11. The largest absolute Gasteiger partial charge is 0.298 e. The van der Waals surface area contributed by atoms with Gasteiger partial charge in [-0.2, -0.15) is 11.8 Å². The maximum Gasteiger partial charge on any atom is 0.146 e. The summed E-state index contributed by atoms with van der Waals surface area (Å²) < 4.78 is 0. The van der Waals surface area contributed by atoms with Crippen LogP contribution in [0.3, 0.4) is 0 Å². The third-order valence-corrected chi connectivity index (χ3v) is 4.05. The molecule has 2 heteroatoms. The van der Waals surface area contributed by atoms with Crippen LogP contribution in [0.1, 0.15) is 25.7 Å². The van der Waals surface area contributed by atoms with Crippen molar-refractivity contribution in [2.24, 2.45) is 11.8 Å². The van der Waals surface area contributed by atoms with Crippen molar-refractivity contribution >= 4 is 17.5 Å². The number of thioether (sulfide) groups is 1. The maximum absolute atomic E-state index is 11.4. The first-order chi connectivity index (χ1) is 5.38. The van der Waals surface area contributed by atoms with E-state index in [9.17, 15) is 4.79 Å². The number of hydrogen-bond acceptors (Lipinski definition) is 2. The van der Waals surface area contributed by atoms with Crippen LogP contribution in [0.4, 0.5) is 0 Å². The van der Waals surface area contributed by atoms with Gasteiger partial charge in [-0.25, -0.2) is 0 Å². The standard InChI is InChI=1S/C9H14OS/c10-9-6-11-5-7-3-1-2-4-8(7)9/h7-8H,1-6H2. The molecule has 2 aliphatic rings. The highest BCUT2D eigenvalue weighted by Gasteiger charge is 2.33. The molecule has 0 aromatic rings. The number of rotatable bonds is 0. The summed E-state index contributed by atoms with van der Waals surface area (Å²) in [6.45, 7) is 0. The van der Waals surface area contributed by atoms with Crippen molar-refractivity contribution in [3.8, 4) is 0 Å². The summed E-state index contributed by atoms with van der Waals surface area (Å²) in [5, 5.41) is 0. The van der Waals surface area contributed by atoms with Crippen LogP contribution in [0, 0.1) is 11.8 Å². The molecule has 0 N–H and O–H groups in total. The molecule has 1 saturated carbocycles. The predicted molar refractivity (Wildman–Crippen MR) is 47.8 cm³/mol. The number of Topliss-reactive ketones (excluding diaryl/α,β-unsaturated/α-hetero) is 1. The van der Waals surface area contributed by atoms with Crippen LogP contribution in [-0.2, 0) is 4.79 Å². The molecule has 1 saturated heterocycles. The van der Waals surface area contributed by atoms with Crippen molar-refractivity contribution in [3.05, 3.63) is 0 Å². The van der Waals surface area contributed by atoms with Crippen molar-refractivity contribution in [1.82, 2.24) is 0 Å².